The minimum Gasteiger partial charge on any atom is -0.353 e. The van der Waals surface area contributed by atoms with Crippen LogP contribution in [0.1, 0.15) is 31.6 Å². The molecule has 0 spiro atoms. The quantitative estimate of drug-likeness (QED) is 0.760. The Labute approximate surface area is 98.4 Å². The van der Waals surface area contributed by atoms with Gasteiger partial charge < -0.3 is 10.5 Å². The van der Waals surface area contributed by atoms with Crippen molar-refractivity contribution in [3.05, 3.63) is 32.6 Å². The molecule has 1 aliphatic heterocycles. The average molecular weight is 239 g/mol. The van der Waals surface area contributed by atoms with E-state index >= 15 is 0 Å². The highest BCUT2D eigenvalue weighted by Gasteiger charge is 2.26. The molecular formula is C11H17N3O3. The molecule has 2 atom stereocenters. The highest BCUT2D eigenvalue weighted by atomic mass is 16.5. The first-order valence-electron chi connectivity index (χ1n) is 5.85. The largest absolute Gasteiger partial charge is 0.353 e. The van der Waals surface area contributed by atoms with Crippen LogP contribution < -0.4 is 17.0 Å². The van der Waals surface area contributed by atoms with E-state index in [0.29, 0.717) is 18.5 Å². The van der Waals surface area contributed by atoms with Gasteiger partial charge in [-0.3, -0.25) is 14.3 Å². The number of nitrogens with two attached hydrogens (primary N) is 1. The summed E-state index contributed by atoms with van der Waals surface area (Å²) in [5.74, 6) is 0. The van der Waals surface area contributed by atoms with Gasteiger partial charge in [0.2, 0.25) is 0 Å². The van der Waals surface area contributed by atoms with Gasteiger partial charge in [-0.05, 0) is 19.3 Å². The van der Waals surface area contributed by atoms with Crippen molar-refractivity contribution in [1.82, 2.24) is 9.55 Å². The topological polar surface area (TPSA) is 90.1 Å². The summed E-state index contributed by atoms with van der Waals surface area (Å²) in [4.78, 5) is 25.4. The zero-order valence-electron chi connectivity index (χ0n) is 9.81. The van der Waals surface area contributed by atoms with Crippen LogP contribution >= 0.6 is 0 Å². The number of rotatable bonds is 3. The minimum absolute atomic E-state index is 0.00362. The fourth-order valence-electron chi connectivity index (χ4n) is 2.06. The van der Waals surface area contributed by atoms with E-state index in [0.717, 1.165) is 12.8 Å². The second kappa shape index (κ2) is 4.85. The van der Waals surface area contributed by atoms with Crippen LogP contribution in [-0.4, -0.2) is 22.2 Å². The van der Waals surface area contributed by atoms with Gasteiger partial charge in [0.25, 0.3) is 5.56 Å². The van der Waals surface area contributed by atoms with Crippen molar-refractivity contribution >= 4 is 0 Å². The fourth-order valence-corrected chi connectivity index (χ4v) is 2.06. The number of nitrogens with one attached hydrogen (secondary N) is 1. The number of aromatic amines is 1. The molecule has 0 aliphatic carbocycles. The number of nitrogens with zero attached hydrogens (tertiary/aromatic N) is 1. The van der Waals surface area contributed by atoms with Gasteiger partial charge in [0.05, 0.1) is 6.10 Å². The van der Waals surface area contributed by atoms with Crippen LogP contribution in [0.15, 0.2) is 15.8 Å². The summed E-state index contributed by atoms with van der Waals surface area (Å²) in [6.45, 7) is 2.33. The molecule has 2 rings (SSSR count). The van der Waals surface area contributed by atoms with E-state index in [-0.39, 0.29) is 17.9 Å². The molecule has 94 valence electrons. The van der Waals surface area contributed by atoms with E-state index in [1.54, 1.807) is 6.20 Å². The van der Waals surface area contributed by atoms with Gasteiger partial charge in [0.15, 0.2) is 0 Å². The monoisotopic (exact) mass is 239 g/mol. The molecule has 0 unspecified atom stereocenters. The molecule has 0 saturated carbocycles. The van der Waals surface area contributed by atoms with Crippen molar-refractivity contribution in [3.8, 4) is 0 Å². The number of H-pyrrole nitrogens is 1. The van der Waals surface area contributed by atoms with Gasteiger partial charge >= 0.3 is 5.69 Å². The lowest BCUT2D eigenvalue weighted by atomic mass is 10.2. The summed E-state index contributed by atoms with van der Waals surface area (Å²) < 4.78 is 7.09. The lowest BCUT2D eigenvalue weighted by Gasteiger charge is -2.15. The van der Waals surface area contributed by atoms with Gasteiger partial charge in [-0.1, -0.05) is 6.92 Å². The highest BCUT2D eigenvalue weighted by molar-refractivity contribution is 5.04. The van der Waals surface area contributed by atoms with Crippen LogP contribution in [0, 0.1) is 0 Å². The maximum atomic E-state index is 11.7. The molecule has 0 amide bonds. The first kappa shape index (κ1) is 12.1. The number of aryl methyl sites for hydroxylation is 1. The lowest BCUT2D eigenvalue weighted by molar-refractivity contribution is 0.00345. The summed E-state index contributed by atoms with van der Waals surface area (Å²) in [5, 5.41) is 0. The summed E-state index contributed by atoms with van der Waals surface area (Å²) in [6.07, 6.45) is 3.46. The van der Waals surface area contributed by atoms with Crippen LogP contribution in [-0.2, 0) is 11.2 Å². The molecule has 6 heteroatoms. The number of aromatic nitrogens is 2. The Morgan fingerprint density at radius 1 is 1.53 bits per heavy atom. The molecule has 2 heterocycles. The molecule has 1 fully saturated rings. The standard InChI is InChI=1S/C11H17N3O3/c1-2-7-6-14(11(16)13-10(7)15)9-4-3-8(5-12)17-9/h6,8-9H,2-5,12H2,1H3,(H,13,15,16)/t8-,9+/m0/s1. The second-order valence-corrected chi connectivity index (χ2v) is 4.20. The van der Waals surface area contributed by atoms with Crippen LogP contribution in [0.4, 0.5) is 0 Å². The fraction of sp³-hybridized carbons (Fsp3) is 0.636. The minimum atomic E-state index is -0.421. The first-order chi connectivity index (χ1) is 8.15. The van der Waals surface area contributed by atoms with Crippen LogP contribution in [0.25, 0.3) is 0 Å². The van der Waals surface area contributed by atoms with Gasteiger partial charge in [-0.15, -0.1) is 0 Å². The van der Waals surface area contributed by atoms with Gasteiger partial charge in [-0.2, -0.15) is 0 Å². The Kier molecular flexibility index (Phi) is 3.44. The molecule has 0 radical (unpaired) electrons. The molecular weight excluding hydrogens is 222 g/mol. The van der Waals surface area contributed by atoms with Gasteiger partial charge in [0.1, 0.15) is 6.23 Å². The van der Waals surface area contributed by atoms with Crippen molar-refractivity contribution in [1.29, 1.82) is 0 Å². The van der Waals surface area contributed by atoms with E-state index in [1.165, 1.54) is 4.57 Å². The van der Waals surface area contributed by atoms with Crippen molar-refractivity contribution < 1.29 is 4.74 Å². The maximum absolute atomic E-state index is 11.7. The third kappa shape index (κ3) is 2.32. The number of hydrogen-bond donors (Lipinski definition) is 2. The Balaban J connectivity index is 2.33. The van der Waals surface area contributed by atoms with Crippen molar-refractivity contribution in [2.45, 2.75) is 38.5 Å². The van der Waals surface area contributed by atoms with Gasteiger partial charge in [0, 0.05) is 18.3 Å². The zero-order chi connectivity index (χ0) is 12.4. The van der Waals surface area contributed by atoms with Crippen molar-refractivity contribution in [3.63, 3.8) is 0 Å². The van der Waals surface area contributed by atoms with Gasteiger partial charge in [-0.25, -0.2) is 4.79 Å². The summed E-state index contributed by atoms with van der Waals surface area (Å²) in [6, 6.07) is 0. The Morgan fingerprint density at radius 3 is 2.88 bits per heavy atom. The molecule has 17 heavy (non-hydrogen) atoms. The van der Waals surface area contributed by atoms with Crippen LogP contribution in [0.2, 0.25) is 0 Å². The smallest absolute Gasteiger partial charge is 0.330 e. The normalized spacial score (nSPS) is 24.1. The third-order valence-corrected chi connectivity index (χ3v) is 3.08. The van der Waals surface area contributed by atoms with E-state index in [1.807, 2.05) is 6.92 Å². The summed E-state index contributed by atoms with van der Waals surface area (Å²) in [7, 11) is 0. The number of ether oxygens (including phenoxy) is 1. The molecule has 1 saturated heterocycles. The van der Waals surface area contributed by atoms with E-state index in [9.17, 15) is 9.59 Å². The average Bonchev–Trinajstić information content (AvgIpc) is 2.78. The lowest BCUT2D eigenvalue weighted by Crippen LogP contribution is -2.34. The molecule has 1 aromatic heterocycles. The molecule has 1 aliphatic rings. The third-order valence-electron chi connectivity index (χ3n) is 3.08. The van der Waals surface area contributed by atoms with Crippen LogP contribution in [0.5, 0.6) is 0 Å². The molecule has 3 N–H and O–H groups in total. The van der Waals surface area contributed by atoms with Crippen molar-refractivity contribution in [2.75, 3.05) is 6.54 Å². The molecule has 0 aromatic carbocycles. The predicted molar refractivity (Wildman–Crippen MR) is 62.9 cm³/mol. The Morgan fingerprint density at radius 2 is 2.29 bits per heavy atom. The van der Waals surface area contributed by atoms with E-state index < -0.39 is 5.69 Å². The highest BCUT2D eigenvalue weighted by Crippen LogP contribution is 2.26. The van der Waals surface area contributed by atoms with Crippen molar-refractivity contribution in [2.24, 2.45) is 5.73 Å². The predicted octanol–water partition coefficient (Wildman–Crippen LogP) is -0.265. The molecule has 6 nitrogen and oxygen atoms in total. The van der Waals surface area contributed by atoms with Crippen LogP contribution in [0.3, 0.4) is 0 Å². The van der Waals surface area contributed by atoms with E-state index in [4.69, 9.17) is 10.5 Å². The second-order valence-electron chi connectivity index (χ2n) is 4.20. The molecule has 1 aromatic rings. The summed E-state index contributed by atoms with van der Waals surface area (Å²) in [5.41, 5.74) is 5.37. The first-order valence-corrected chi connectivity index (χ1v) is 5.85. The zero-order valence-corrected chi connectivity index (χ0v) is 9.81. The summed E-state index contributed by atoms with van der Waals surface area (Å²) >= 11 is 0. The Bertz CT molecular complexity index is 505. The Hall–Kier alpha value is -1.40. The SMILES string of the molecule is CCc1cn([C@H]2CC[C@@H](CN)O2)c(=O)[nH]c1=O. The molecule has 0 bridgehead atoms. The number of hydrogen-bond acceptors (Lipinski definition) is 4. The maximum Gasteiger partial charge on any atom is 0.330 e. The van der Waals surface area contributed by atoms with E-state index in [2.05, 4.69) is 4.98 Å².